The highest BCUT2D eigenvalue weighted by molar-refractivity contribution is 7.46. The summed E-state index contributed by atoms with van der Waals surface area (Å²) < 4.78 is 26.6. The minimum Gasteiger partial charge on any atom is -0.462 e. The van der Waals surface area contributed by atoms with Crippen molar-refractivity contribution in [2.45, 2.75) is 277 Å². The van der Waals surface area contributed by atoms with E-state index < -0.39 is 32.5 Å². The Balaban J connectivity index is 3.78. The lowest BCUT2D eigenvalue weighted by Gasteiger charge is -2.18. The van der Waals surface area contributed by atoms with E-state index in [1.54, 1.807) is 0 Å². The standard InChI is InChI=1S/C55H101O8P/c1-3-5-7-9-11-13-15-17-19-21-23-25-27-29-31-33-35-37-39-41-43-45-47-49-54(56)61-51-53(52-62-64(58,59)60)63-55(57)50-48-46-44-42-40-38-36-34-32-30-28-26-24-22-20-18-16-14-12-10-8-6-4-2/h6,8,12,14,18,20,24,26,53H,3-5,7,9-11,13,15-17,19,21-23,25,27-52H2,1-2H3,(H2,58,59,60)/b8-6-,14-12-,20-18-,26-24-. The first kappa shape index (κ1) is 62.0. The minimum absolute atomic E-state index is 0.207. The number of allylic oxidation sites excluding steroid dienone is 8. The fourth-order valence-corrected chi connectivity index (χ4v) is 8.26. The molecule has 0 spiro atoms. The molecule has 0 aliphatic carbocycles. The monoisotopic (exact) mass is 921 g/mol. The molecule has 0 heterocycles. The quantitative estimate of drug-likeness (QED) is 0.0268. The lowest BCUT2D eigenvalue weighted by molar-refractivity contribution is -0.161. The van der Waals surface area contributed by atoms with Crippen LogP contribution >= 0.6 is 7.82 Å². The molecule has 0 aromatic carbocycles. The van der Waals surface area contributed by atoms with Gasteiger partial charge in [-0.3, -0.25) is 14.1 Å². The SMILES string of the molecule is CC/C=C\C/C=C\C/C=C\C/C=C\CCCCCCCCCCCCC(=O)OC(COC(=O)CCCCCCCCCCCCCCCCCCCCCCCCC)COP(=O)(O)O. The molecule has 0 bridgehead atoms. The Bertz CT molecular complexity index is 1170. The molecule has 0 amide bonds. The van der Waals surface area contributed by atoms with Gasteiger partial charge in [0.15, 0.2) is 6.10 Å². The van der Waals surface area contributed by atoms with Crippen LogP contribution in [-0.4, -0.2) is 41.0 Å². The van der Waals surface area contributed by atoms with Crippen LogP contribution in [0.2, 0.25) is 0 Å². The smallest absolute Gasteiger partial charge is 0.462 e. The second-order valence-electron chi connectivity index (χ2n) is 18.2. The van der Waals surface area contributed by atoms with Gasteiger partial charge in [0.1, 0.15) is 6.61 Å². The highest BCUT2D eigenvalue weighted by Crippen LogP contribution is 2.36. The van der Waals surface area contributed by atoms with Gasteiger partial charge in [0.25, 0.3) is 0 Å². The predicted molar refractivity (Wildman–Crippen MR) is 271 cm³/mol. The average Bonchev–Trinajstić information content (AvgIpc) is 3.27. The van der Waals surface area contributed by atoms with Gasteiger partial charge in [0, 0.05) is 12.8 Å². The van der Waals surface area contributed by atoms with Crippen LogP contribution < -0.4 is 0 Å². The first-order valence-corrected chi connectivity index (χ1v) is 28.5. The van der Waals surface area contributed by atoms with Gasteiger partial charge in [-0.05, 0) is 51.4 Å². The highest BCUT2D eigenvalue weighted by Gasteiger charge is 2.23. The number of hydrogen-bond donors (Lipinski definition) is 2. The molecule has 0 rings (SSSR count). The molecule has 1 unspecified atom stereocenters. The molecular formula is C55H101O8P. The van der Waals surface area contributed by atoms with Crippen molar-refractivity contribution in [2.75, 3.05) is 13.2 Å². The lowest BCUT2D eigenvalue weighted by Crippen LogP contribution is -2.29. The number of unbranched alkanes of at least 4 members (excludes halogenated alkanes) is 32. The Kier molecular flexibility index (Phi) is 48.9. The summed E-state index contributed by atoms with van der Waals surface area (Å²) in [4.78, 5) is 43.2. The van der Waals surface area contributed by atoms with Crippen molar-refractivity contribution >= 4 is 19.8 Å². The molecule has 2 N–H and O–H groups in total. The normalized spacial score (nSPS) is 12.8. The van der Waals surface area contributed by atoms with E-state index in [2.05, 4.69) is 67.0 Å². The third-order valence-electron chi connectivity index (χ3n) is 11.9. The van der Waals surface area contributed by atoms with E-state index in [0.29, 0.717) is 6.42 Å². The number of esters is 2. The van der Waals surface area contributed by atoms with Crippen molar-refractivity contribution in [3.63, 3.8) is 0 Å². The van der Waals surface area contributed by atoms with Gasteiger partial charge in [-0.25, -0.2) is 4.57 Å². The van der Waals surface area contributed by atoms with Crippen LogP contribution in [0.3, 0.4) is 0 Å². The molecule has 0 saturated carbocycles. The largest absolute Gasteiger partial charge is 0.469 e. The van der Waals surface area contributed by atoms with Crippen LogP contribution in [0, 0.1) is 0 Å². The molecule has 64 heavy (non-hydrogen) atoms. The van der Waals surface area contributed by atoms with Crippen LogP contribution in [-0.2, 0) is 28.2 Å². The van der Waals surface area contributed by atoms with Gasteiger partial charge in [-0.15, -0.1) is 0 Å². The third-order valence-corrected chi connectivity index (χ3v) is 12.3. The molecule has 9 heteroatoms. The van der Waals surface area contributed by atoms with Crippen LogP contribution in [0.25, 0.3) is 0 Å². The van der Waals surface area contributed by atoms with Crippen molar-refractivity contribution in [1.29, 1.82) is 0 Å². The van der Waals surface area contributed by atoms with Crippen molar-refractivity contribution in [3.8, 4) is 0 Å². The van der Waals surface area contributed by atoms with Gasteiger partial charge in [0.05, 0.1) is 6.61 Å². The summed E-state index contributed by atoms with van der Waals surface area (Å²) in [5.74, 6) is -0.877. The Hall–Kier alpha value is -1.99. The molecule has 0 aromatic heterocycles. The zero-order chi connectivity index (χ0) is 46.7. The van der Waals surface area contributed by atoms with Crippen LogP contribution in [0.15, 0.2) is 48.6 Å². The second kappa shape index (κ2) is 50.4. The van der Waals surface area contributed by atoms with E-state index in [1.165, 1.54) is 167 Å². The van der Waals surface area contributed by atoms with E-state index in [9.17, 15) is 14.2 Å². The van der Waals surface area contributed by atoms with Crippen LogP contribution in [0.5, 0.6) is 0 Å². The molecule has 0 radical (unpaired) electrons. The number of ether oxygens (including phenoxy) is 2. The number of rotatable bonds is 50. The molecule has 0 aliphatic rings. The number of phosphoric ester groups is 1. The van der Waals surface area contributed by atoms with E-state index in [4.69, 9.17) is 19.3 Å². The van der Waals surface area contributed by atoms with Gasteiger partial charge in [-0.2, -0.15) is 0 Å². The molecule has 0 aliphatic heterocycles. The van der Waals surface area contributed by atoms with Gasteiger partial charge < -0.3 is 19.3 Å². The van der Waals surface area contributed by atoms with Gasteiger partial charge in [-0.1, -0.05) is 255 Å². The van der Waals surface area contributed by atoms with Crippen molar-refractivity contribution in [2.24, 2.45) is 0 Å². The summed E-state index contributed by atoms with van der Waals surface area (Å²) >= 11 is 0. The van der Waals surface area contributed by atoms with Gasteiger partial charge >= 0.3 is 19.8 Å². The predicted octanol–water partition coefficient (Wildman–Crippen LogP) is 17.4. The molecule has 8 nitrogen and oxygen atoms in total. The Labute approximate surface area is 394 Å². The van der Waals surface area contributed by atoms with Crippen molar-refractivity contribution in [1.82, 2.24) is 0 Å². The summed E-state index contributed by atoms with van der Waals surface area (Å²) in [5, 5.41) is 0. The summed E-state index contributed by atoms with van der Waals surface area (Å²) in [7, 11) is -4.76. The van der Waals surface area contributed by atoms with E-state index in [0.717, 1.165) is 70.6 Å². The molecule has 374 valence electrons. The average molecular weight is 921 g/mol. The van der Waals surface area contributed by atoms with E-state index in [-0.39, 0.29) is 19.4 Å². The van der Waals surface area contributed by atoms with Crippen molar-refractivity contribution in [3.05, 3.63) is 48.6 Å². The highest BCUT2D eigenvalue weighted by atomic mass is 31.2. The maximum absolute atomic E-state index is 12.5. The van der Waals surface area contributed by atoms with Crippen LogP contribution in [0.4, 0.5) is 0 Å². The van der Waals surface area contributed by atoms with Crippen molar-refractivity contribution < 1.29 is 37.9 Å². The maximum atomic E-state index is 12.5. The fourth-order valence-electron chi connectivity index (χ4n) is 7.90. The molecule has 0 saturated heterocycles. The Morgan fingerprint density at radius 2 is 0.750 bits per heavy atom. The Morgan fingerprint density at radius 1 is 0.422 bits per heavy atom. The number of phosphoric acid groups is 1. The first-order chi connectivity index (χ1) is 31.3. The molecule has 0 aromatic rings. The lowest BCUT2D eigenvalue weighted by atomic mass is 10.0. The molecule has 1 atom stereocenters. The summed E-state index contributed by atoms with van der Waals surface area (Å²) in [6.45, 7) is 3.62. The zero-order valence-electron chi connectivity index (χ0n) is 41.7. The number of carbonyl (C=O) groups excluding carboxylic acids is 2. The molecule has 0 fully saturated rings. The summed E-state index contributed by atoms with van der Waals surface area (Å²) in [5.41, 5.74) is 0. The number of carbonyl (C=O) groups is 2. The van der Waals surface area contributed by atoms with Crippen LogP contribution in [0.1, 0.15) is 271 Å². The van der Waals surface area contributed by atoms with E-state index >= 15 is 0 Å². The van der Waals surface area contributed by atoms with Gasteiger partial charge in [0.2, 0.25) is 0 Å². The van der Waals surface area contributed by atoms with E-state index in [1.807, 2.05) is 0 Å². The minimum atomic E-state index is -4.76. The second-order valence-corrected chi connectivity index (χ2v) is 19.4. The summed E-state index contributed by atoms with van der Waals surface area (Å²) in [6, 6.07) is 0. The summed E-state index contributed by atoms with van der Waals surface area (Å²) in [6.07, 6.45) is 64.2. The first-order valence-electron chi connectivity index (χ1n) is 26.9. The Morgan fingerprint density at radius 3 is 1.12 bits per heavy atom. The maximum Gasteiger partial charge on any atom is 0.469 e. The number of hydrogen-bond acceptors (Lipinski definition) is 6. The fraction of sp³-hybridized carbons (Fsp3) is 0.818. The topological polar surface area (TPSA) is 119 Å². The molecular weight excluding hydrogens is 820 g/mol. The zero-order valence-corrected chi connectivity index (χ0v) is 42.6. The third kappa shape index (κ3) is 52.6.